The highest BCUT2D eigenvalue weighted by molar-refractivity contribution is 5.90. The second-order valence-electron chi connectivity index (χ2n) is 5.91. The minimum atomic E-state index is -0.263. The molecule has 0 unspecified atom stereocenters. The third-order valence-corrected chi connectivity index (χ3v) is 3.73. The first-order chi connectivity index (χ1) is 11.9. The molecule has 2 rings (SSSR count). The van der Waals surface area contributed by atoms with Gasteiger partial charge in [-0.2, -0.15) is 0 Å². The van der Waals surface area contributed by atoms with Crippen LogP contribution in [0.4, 0.5) is 10.6 Å². The van der Waals surface area contributed by atoms with Gasteiger partial charge in [-0.25, -0.2) is 9.78 Å². The summed E-state index contributed by atoms with van der Waals surface area (Å²) in [5, 5.41) is 9.27. The van der Waals surface area contributed by atoms with E-state index >= 15 is 0 Å². The van der Waals surface area contributed by atoms with Crippen molar-refractivity contribution in [2.24, 2.45) is 0 Å². The number of hydrogen-bond donors (Lipinski definition) is 2. The van der Waals surface area contributed by atoms with Crippen molar-refractivity contribution in [1.82, 2.24) is 20.4 Å². The van der Waals surface area contributed by atoms with Gasteiger partial charge < -0.3 is 20.1 Å². The quantitative estimate of drug-likeness (QED) is 0.835. The highest BCUT2D eigenvalue weighted by Gasteiger charge is 2.15. The second-order valence-corrected chi connectivity index (χ2v) is 5.91. The summed E-state index contributed by atoms with van der Waals surface area (Å²) in [4.78, 5) is 29.6. The van der Waals surface area contributed by atoms with Crippen molar-refractivity contribution >= 4 is 17.8 Å². The predicted octanol–water partition coefficient (Wildman–Crippen LogP) is 2.17. The first-order valence-corrected chi connectivity index (χ1v) is 8.00. The van der Waals surface area contributed by atoms with Crippen LogP contribution in [-0.4, -0.2) is 40.6 Å². The number of hydrogen-bond acceptors (Lipinski definition) is 5. The van der Waals surface area contributed by atoms with Crippen LogP contribution < -0.4 is 10.6 Å². The molecule has 0 saturated carbocycles. The van der Waals surface area contributed by atoms with Crippen LogP contribution in [0.25, 0.3) is 0 Å². The Kier molecular flexibility index (Phi) is 6.10. The summed E-state index contributed by atoms with van der Waals surface area (Å²) < 4.78 is 5.09. The maximum atomic E-state index is 12.1. The fourth-order valence-electron chi connectivity index (χ4n) is 2.20. The highest BCUT2D eigenvalue weighted by atomic mass is 16.5. The molecule has 0 aromatic carbocycles. The van der Waals surface area contributed by atoms with Crippen LogP contribution in [0.2, 0.25) is 0 Å². The van der Waals surface area contributed by atoms with Gasteiger partial charge in [0.2, 0.25) is 5.91 Å². The molecule has 25 heavy (non-hydrogen) atoms. The summed E-state index contributed by atoms with van der Waals surface area (Å²) >= 11 is 0. The smallest absolute Gasteiger partial charge is 0.317 e. The molecular weight excluding hydrogens is 322 g/mol. The zero-order valence-electron chi connectivity index (χ0n) is 14.9. The van der Waals surface area contributed by atoms with Crippen molar-refractivity contribution in [3.05, 3.63) is 40.9 Å². The number of carbonyl (C=O) groups excluding carboxylic acids is 2. The SMILES string of the molecule is Cc1ccc(NC(=O)CCNC(=O)N(C)Cc2c(C)noc2C)nc1. The van der Waals surface area contributed by atoms with Crippen molar-refractivity contribution < 1.29 is 14.1 Å². The van der Waals surface area contributed by atoms with Gasteiger partial charge in [0.25, 0.3) is 0 Å². The zero-order valence-corrected chi connectivity index (χ0v) is 14.9. The van der Waals surface area contributed by atoms with Crippen LogP contribution in [0.5, 0.6) is 0 Å². The average molecular weight is 345 g/mol. The summed E-state index contributed by atoms with van der Waals surface area (Å²) in [6.07, 6.45) is 1.85. The molecule has 0 aliphatic rings. The number of pyridine rings is 1. The summed E-state index contributed by atoms with van der Waals surface area (Å²) in [6, 6.07) is 3.35. The predicted molar refractivity (Wildman–Crippen MR) is 93.1 cm³/mol. The fourth-order valence-corrected chi connectivity index (χ4v) is 2.20. The van der Waals surface area contributed by atoms with E-state index in [9.17, 15) is 9.59 Å². The summed E-state index contributed by atoms with van der Waals surface area (Å²) in [7, 11) is 1.68. The van der Waals surface area contributed by atoms with Crippen molar-refractivity contribution in [1.29, 1.82) is 0 Å². The van der Waals surface area contributed by atoms with Gasteiger partial charge >= 0.3 is 6.03 Å². The standard InChI is InChI=1S/C17H23N5O3/c1-11-5-6-15(19-9-11)20-16(23)7-8-18-17(24)22(4)10-14-12(2)21-25-13(14)3/h5-6,9H,7-8,10H2,1-4H3,(H,18,24)(H,19,20,23). The largest absolute Gasteiger partial charge is 0.361 e. The lowest BCUT2D eigenvalue weighted by Crippen LogP contribution is -2.38. The maximum Gasteiger partial charge on any atom is 0.317 e. The van der Waals surface area contributed by atoms with Gasteiger partial charge in [-0.15, -0.1) is 0 Å². The first-order valence-electron chi connectivity index (χ1n) is 8.00. The monoisotopic (exact) mass is 345 g/mol. The average Bonchev–Trinajstić information content (AvgIpc) is 2.88. The molecule has 134 valence electrons. The Morgan fingerprint density at radius 1 is 1.24 bits per heavy atom. The molecule has 0 bridgehead atoms. The molecule has 2 aromatic heterocycles. The molecule has 0 spiro atoms. The van der Waals surface area contributed by atoms with Crippen molar-refractivity contribution in [3.8, 4) is 0 Å². The number of carbonyl (C=O) groups is 2. The fraction of sp³-hybridized carbons (Fsp3) is 0.412. The molecule has 3 amide bonds. The van der Waals surface area contributed by atoms with E-state index in [0.717, 1.165) is 16.8 Å². The lowest BCUT2D eigenvalue weighted by Gasteiger charge is -2.17. The van der Waals surface area contributed by atoms with Gasteiger partial charge in [0.05, 0.1) is 12.2 Å². The van der Waals surface area contributed by atoms with Crippen molar-refractivity contribution in [3.63, 3.8) is 0 Å². The molecule has 2 N–H and O–H groups in total. The molecule has 0 atom stereocenters. The van der Waals surface area contributed by atoms with Crippen molar-refractivity contribution in [2.45, 2.75) is 33.7 Å². The van der Waals surface area contributed by atoms with E-state index in [4.69, 9.17) is 4.52 Å². The Balaban J connectivity index is 1.74. The van der Waals surface area contributed by atoms with E-state index in [2.05, 4.69) is 20.8 Å². The zero-order chi connectivity index (χ0) is 18.4. The lowest BCUT2D eigenvalue weighted by molar-refractivity contribution is -0.116. The summed E-state index contributed by atoms with van der Waals surface area (Å²) in [5.74, 6) is 0.990. The minimum Gasteiger partial charge on any atom is -0.361 e. The molecule has 0 radical (unpaired) electrons. The molecule has 0 aliphatic carbocycles. The number of aryl methyl sites for hydroxylation is 3. The van der Waals surface area contributed by atoms with Crippen LogP contribution in [0.1, 0.15) is 29.0 Å². The van der Waals surface area contributed by atoms with E-state index in [1.165, 1.54) is 4.90 Å². The van der Waals surface area contributed by atoms with Gasteiger partial charge in [-0.1, -0.05) is 11.2 Å². The van der Waals surface area contributed by atoms with E-state index in [-0.39, 0.29) is 24.9 Å². The van der Waals surface area contributed by atoms with E-state index in [1.807, 2.05) is 26.8 Å². The molecular formula is C17H23N5O3. The lowest BCUT2D eigenvalue weighted by atomic mass is 10.2. The summed E-state index contributed by atoms with van der Waals surface area (Å²) in [6.45, 7) is 6.20. The van der Waals surface area contributed by atoms with Crippen LogP contribution in [0.15, 0.2) is 22.9 Å². The van der Waals surface area contributed by atoms with Gasteiger partial charge in [0.1, 0.15) is 11.6 Å². The van der Waals surface area contributed by atoms with Crippen LogP contribution >= 0.6 is 0 Å². The normalized spacial score (nSPS) is 10.4. The van der Waals surface area contributed by atoms with Gasteiger partial charge in [0.15, 0.2) is 0 Å². The molecule has 8 heteroatoms. The van der Waals surface area contributed by atoms with E-state index < -0.39 is 0 Å². The van der Waals surface area contributed by atoms with E-state index in [0.29, 0.717) is 18.1 Å². The molecule has 2 heterocycles. The summed E-state index contributed by atoms with van der Waals surface area (Å²) in [5.41, 5.74) is 2.68. The highest BCUT2D eigenvalue weighted by Crippen LogP contribution is 2.14. The van der Waals surface area contributed by atoms with E-state index in [1.54, 1.807) is 19.3 Å². The van der Waals surface area contributed by atoms with Crippen molar-refractivity contribution in [2.75, 3.05) is 18.9 Å². The van der Waals surface area contributed by atoms with Crippen LogP contribution in [0, 0.1) is 20.8 Å². The van der Waals surface area contributed by atoms with Crippen LogP contribution in [-0.2, 0) is 11.3 Å². The molecule has 8 nitrogen and oxygen atoms in total. The number of urea groups is 1. The molecule has 2 aromatic rings. The number of nitrogens with one attached hydrogen (secondary N) is 2. The third kappa shape index (κ3) is 5.30. The van der Waals surface area contributed by atoms with Gasteiger partial charge in [-0.3, -0.25) is 4.79 Å². The Bertz CT molecular complexity index is 720. The topological polar surface area (TPSA) is 100 Å². The number of amides is 3. The molecule has 0 aliphatic heterocycles. The molecule has 0 fully saturated rings. The third-order valence-electron chi connectivity index (χ3n) is 3.73. The number of nitrogens with zero attached hydrogens (tertiary/aromatic N) is 3. The van der Waals surface area contributed by atoms with Crippen LogP contribution in [0.3, 0.4) is 0 Å². The first kappa shape index (κ1) is 18.4. The Labute approximate surface area is 146 Å². The Hall–Kier alpha value is -2.90. The number of rotatable bonds is 6. The second kappa shape index (κ2) is 8.27. The molecule has 0 saturated heterocycles. The number of aromatic nitrogens is 2. The van der Waals surface area contributed by atoms with Gasteiger partial charge in [0, 0.05) is 31.8 Å². The Morgan fingerprint density at radius 2 is 2.00 bits per heavy atom. The Morgan fingerprint density at radius 3 is 2.60 bits per heavy atom. The van der Waals surface area contributed by atoms with Gasteiger partial charge in [-0.05, 0) is 32.4 Å². The number of anilines is 1. The minimum absolute atomic E-state index is 0.167. The maximum absolute atomic E-state index is 12.1.